The number of benzene rings is 3. The van der Waals surface area contributed by atoms with Crippen LogP contribution in [0.3, 0.4) is 0 Å². The predicted molar refractivity (Wildman–Crippen MR) is 158 cm³/mol. The molecule has 0 bridgehead atoms. The second-order valence-electron chi connectivity index (χ2n) is 9.75. The van der Waals surface area contributed by atoms with Crippen LogP contribution in [0, 0.1) is 0 Å². The lowest BCUT2D eigenvalue weighted by atomic mass is 10.0. The predicted octanol–water partition coefficient (Wildman–Crippen LogP) is 5.08. The lowest BCUT2D eigenvalue weighted by molar-refractivity contribution is -0.141. The fourth-order valence-electron chi connectivity index (χ4n) is 4.72. The first kappa shape index (κ1) is 30.6. The van der Waals surface area contributed by atoms with E-state index in [1.54, 1.807) is 30.3 Å². The molecule has 8 nitrogen and oxygen atoms in total. The summed E-state index contributed by atoms with van der Waals surface area (Å²) in [6, 6.07) is 19.6. The van der Waals surface area contributed by atoms with E-state index in [0.29, 0.717) is 22.2 Å². The Hall–Kier alpha value is -3.40. The minimum absolute atomic E-state index is 0.0342. The molecule has 41 heavy (non-hydrogen) atoms. The van der Waals surface area contributed by atoms with Gasteiger partial charge in [0.15, 0.2) is 0 Å². The molecule has 0 fully saturated rings. The maximum absolute atomic E-state index is 13.8. The summed E-state index contributed by atoms with van der Waals surface area (Å²) in [4.78, 5) is 41.5. The van der Waals surface area contributed by atoms with Crippen molar-refractivity contribution in [3.63, 3.8) is 0 Å². The maximum Gasteiger partial charge on any atom is 0.269 e. The molecule has 4 rings (SSSR count). The molecule has 1 aliphatic rings. The van der Waals surface area contributed by atoms with Gasteiger partial charge in [0.25, 0.3) is 15.9 Å². The largest absolute Gasteiger partial charge is 0.354 e. The van der Waals surface area contributed by atoms with Gasteiger partial charge in [0.05, 0.1) is 15.6 Å². The zero-order chi connectivity index (χ0) is 29.6. The minimum Gasteiger partial charge on any atom is -0.354 e. The number of fused-ring (bicyclic) bond motifs is 1. The van der Waals surface area contributed by atoms with Gasteiger partial charge < -0.3 is 10.2 Å². The molecule has 0 aliphatic carbocycles. The lowest BCUT2D eigenvalue weighted by Gasteiger charge is -2.32. The Balaban J connectivity index is 1.57. The number of carbonyl (C=O) groups is 3. The van der Waals surface area contributed by atoms with Gasteiger partial charge >= 0.3 is 0 Å². The molecule has 0 aromatic heterocycles. The summed E-state index contributed by atoms with van der Waals surface area (Å²) in [5.74, 6) is -1.26. The normalized spacial score (nSPS) is 14.4. The van der Waals surface area contributed by atoms with Crippen LogP contribution in [0.5, 0.6) is 0 Å². The van der Waals surface area contributed by atoms with Crippen LogP contribution in [0.2, 0.25) is 10.0 Å². The summed E-state index contributed by atoms with van der Waals surface area (Å²) in [7, 11) is -3.98. The summed E-state index contributed by atoms with van der Waals surface area (Å²) in [5.41, 5.74) is 1.68. The first-order valence-corrected chi connectivity index (χ1v) is 15.5. The van der Waals surface area contributed by atoms with Crippen LogP contribution in [0.4, 0.5) is 0 Å². The molecule has 216 valence electrons. The highest BCUT2D eigenvalue weighted by Gasteiger charge is 2.40. The van der Waals surface area contributed by atoms with E-state index in [9.17, 15) is 22.8 Å². The van der Waals surface area contributed by atoms with Crippen molar-refractivity contribution >= 4 is 50.9 Å². The van der Waals surface area contributed by atoms with Crippen molar-refractivity contribution in [1.82, 2.24) is 14.5 Å². The molecule has 0 unspecified atom stereocenters. The third kappa shape index (κ3) is 7.09. The average Bonchev–Trinajstić information content (AvgIpc) is 3.16. The smallest absolute Gasteiger partial charge is 0.269 e. The molecule has 1 aliphatic heterocycles. The van der Waals surface area contributed by atoms with Gasteiger partial charge in [0.2, 0.25) is 11.8 Å². The number of hydrogen-bond donors (Lipinski definition) is 1. The SMILES string of the molecule is CCCNC(=O)[C@@H](Cc1ccccc1)N(Cc1ccc(Cl)c(Cl)c1)C(=O)CCCN1C(=O)c2ccccc2S1(=O)=O. The summed E-state index contributed by atoms with van der Waals surface area (Å²) in [6.45, 7) is 2.32. The number of sulfonamides is 1. The summed E-state index contributed by atoms with van der Waals surface area (Å²) < 4.78 is 26.7. The number of nitrogens with one attached hydrogen (secondary N) is 1. The van der Waals surface area contributed by atoms with Crippen molar-refractivity contribution in [2.75, 3.05) is 13.1 Å². The van der Waals surface area contributed by atoms with Crippen LogP contribution in [0.1, 0.15) is 47.7 Å². The van der Waals surface area contributed by atoms with Crippen molar-refractivity contribution in [1.29, 1.82) is 0 Å². The number of nitrogens with zero attached hydrogens (tertiary/aromatic N) is 2. The monoisotopic (exact) mass is 615 g/mol. The highest BCUT2D eigenvalue weighted by molar-refractivity contribution is 7.90. The van der Waals surface area contributed by atoms with Crippen molar-refractivity contribution in [3.8, 4) is 0 Å². The van der Waals surface area contributed by atoms with Gasteiger partial charge in [-0.3, -0.25) is 14.4 Å². The van der Waals surface area contributed by atoms with Gasteiger partial charge in [-0.1, -0.05) is 78.7 Å². The number of carbonyl (C=O) groups excluding carboxylic acids is 3. The van der Waals surface area contributed by atoms with Crippen molar-refractivity contribution < 1.29 is 22.8 Å². The van der Waals surface area contributed by atoms with E-state index in [2.05, 4.69) is 5.32 Å². The second kappa shape index (κ2) is 13.5. The second-order valence-corrected chi connectivity index (χ2v) is 12.4. The van der Waals surface area contributed by atoms with Crippen molar-refractivity contribution in [2.45, 2.75) is 50.1 Å². The quantitative estimate of drug-likeness (QED) is 0.306. The highest BCUT2D eigenvalue weighted by atomic mass is 35.5. The Labute approximate surface area is 250 Å². The van der Waals surface area contributed by atoms with E-state index in [-0.39, 0.29) is 54.6 Å². The van der Waals surface area contributed by atoms with Gasteiger partial charge in [0.1, 0.15) is 10.9 Å². The summed E-state index contributed by atoms with van der Waals surface area (Å²) >= 11 is 12.3. The van der Waals surface area contributed by atoms with Crippen LogP contribution in [-0.2, 0) is 32.6 Å². The molecule has 1 atom stereocenters. The van der Waals surface area contributed by atoms with Crippen LogP contribution >= 0.6 is 23.2 Å². The molecule has 0 radical (unpaired) electrons. The Morgan fingerprint density at radius 1 is 0.951 bits per heavy atom. The minimum atomic E-state index is -3.98. The Morgan fingerprint density at radius 2 is 1.66 bits per heavy atom. The molecule has 1 heterocycles. The first-order valence-electron chi connectivity index (χ1n) is 13.3. The first-order chi connectivity index (χ1) is 19.6. The van der Waals surface area contributed by atoms with E-state index < -0.39 is 22.0 Å². The third-order valence-corrected chi connectivity index (χ3v) is 9.40. The Bertz CT molecular complexity index is 1530. The maximum atomic E-state index is 13.8. The van der Waals surface area contributed by atoms with Gasteiger partial charge in [-0.2, -0.15) is 0 Å². The molecular weight excluding hydrogens is 585 g/mol. The molecule has 0 spiro atoms. The summed E-state index contributed by atoms with van der Waals surface area (Å²) in [6.07, 6.45) is 1.01. The average molecular weight is 617 g/mol. The summed E-state index contributed by atoms with van der Waals surface area (Å²) in [5, 5.41) is 3.60. The number of rotatable bonds is 12. The highest BCUT2D eigenvalue weighted by Crippen LogP contribution is 2.30. The van der Waals surface area contributed by atoms with Crippen LogP contribution in [0.15, 0.2) is 77.7 Å². The number of halogens is 2. The topological polar surface area (TPSA) is 104 Å². The fourth-order valence-corrected chi connectivity index (χ4v) is 6.65. The van der Waals surface area contributed by atoms with Crippen LogP contribution in [0.25, 0.3) is 0 Å². The number of amides is 3. The molecule has 3 aromatic carbocycles. The Morgan fingerprint density at radius 3 is 2.34 bits per heavy atom. The van der Waals surface area contributed by atoms with E-state index in [1.807, 2.05) is 37.3 Å². The standard InChI is InChI=1S/C30H31Cl2N3O5S/c1-2-16-33-29(37)26(19-21-9-4-3-5-10-21)34(20-22-14-15-24(31)25(32)18-22)28(36)13-8-17-35-30(38)23-11-6-7-12-27(23)41(35,39)40/h3-7,9-12,14-15,18,26H,2,8,13,16-17,19-20H2,1H3,(H,33,37)/t26-/m1/s1. The third-order valence-electron chi connectivity index (χ3n) is 6.82. The van der Waals surface area contributed by atoms with Gasteiger partial charge in [-0.15, -0.1) is 0 Å². The van der Waals surface area contributed by atoms with E-state index in [0.717, 1.165) is 16.3 Å². The van der Waals surface area contributed by atoms with Crippen LogP contribution < -0.4 is 5.32 Å². The van der Waals surface area contributed by atoms with Crippen molar-refractivity contribution in [2.24, 2.45) is 0 Å². The molecule has 3 aromatic rings. The van der Waals surface area contributed by atoms with Crippen LogP contribution in [-0.4, -0.2) is 54.5 Å². The van der Waals surface area contributed by atoms with E-state index in [1.165, 1.54) is 17.0 Å². The van der Waals surface area contributed by atoms with Gasteiger partial charge in [-0.05, 0) is 48.2 Å². The van der Waals surface area contributed by atoms with Crippen molar-refractivity contribution in [3.05, 3.63) is 99.5 Å². The number of hydrogen-bond acceptors (Lipinski definition) is 5. The fraction of sp³-hybridized carbons (Fsp3) is 0.300. The van der Waals surface area contributed by atoms with Gasteiger partial charge in [-0.25, -0.2) is 12.7 Å². The Kier molecular flexibility index (Phi) is 10.1. The van der Waals surface area contributed by atoms with Gasteiger partial charge in [0, 0.05) is 32.5 Å². The zero-order valence-corrected chi connectivity index (χ0v) is 24.9. The molecule has 0 saturated heterocycles. The molecular formula is C30H31Cl2N3O5S. The lowest BCUT2D eigenvalue weighted by Crippen LogP contribution is -2.50. The zero-order valence-electron chi connectivity index (χ0n) is 22.6. The molecule has 11 heteroatoms. The van der Waals surface area contributed by atoms with E-state index in [4.69, 9.17) is 23.2 Å². The molecule has 0 saturated carbocycles. The molecule has 3 amide bonds. The van der Waals surface area contributed by atoms with E-state index >= 15 is 0 Å². The molecule has 1 N–H and O–H groups in total.